The molecule has 0 aromatic carbocycles. The van der Waals surface area contributed by atoms with Gasteiger partial charge in [0, 0.05) is 26.1 Å². The molecular formula is C13H23N5O3. The van der Waals surface area contributed by atoms with Crippen LogP contribution in [-0.2, 0) is 11.2 Å². The van der Waals surface area contributed by atoms with E-state index in [-0.39, 0.29) is 13.2 Å². The summed E-state index contributed by atoms with van der Waals surface area (Å²) in [5, 5.41) is 21.2. The monoisotopic (exact) mass is 297 g/mol. The highest BCUT2D eigenvalue weighted by Crippen LogP contribution is 2.13. The van der Waals surface area contributed by atoms with E-state index in [9.17, 15) is 5.11 Å². The van der Waals surface area contributed by atoms with E-state index in [0.29, 0.717) is 25.1 Å². The van der Waals surface area contributed by atoms with Crippen LogP contribution in [0, 0.1) is 0 Å². The molecule has 8 heteroatoms. The largest absolute Gasteiger partial charge is 0.394 e. The maximum Gasteiger partial charge on any atom is 0.230 e. The van der Waals surface area contributed by atoms with Crippen molar-refractivity contribution in [1.29, 1.82) is 0 Å². The molecule has 0 spiro atoms. The molecule has 0 radical (unpaired) electrons. The maximum atomic E-state index is 9.40. The Hall–Kier alpha value is -1.51. The first-order valence-corrected chi connectivity index (χ1v) is 7.33. The van der Waals surface area contributed by atoms with E-state index < -0.39 is 6.10 Å². The fourth-order valence-electron chi connectivity index (χ4n) is 2.00. The van der Waals surface area contributed by atoms with Crippen LogP contribution in [0.5, 0.6) is 0 Å². The van der Waals surface area contributed by atoms with Gasteiger partial charge in [-0.15, -0.1) is 0 Å². The first kappa shape index (κ1) is 15.9. The highest BCUT2D eigenvalue weighted by molar-refractivity contribution is 5.37. The van der Waals surface area contributed by atoms with Crippen molar-refractivity contribution in [1.82, 2.24) is 15.0 Å². The van der Waals surface area contributed by atoms with Gasteiger partial charge in [-0.05, 0) is 6.42 Å². The van der Waals surface area contributed by atoms with E-state index in [4.69, 9.17) is 9.84 Å². The summed E-state index contributed by atoms with van der Waals surface area (Å²) in [6.07, 6.45) is 0.894. The SMILES string of the molecule is CCCc1nc(NCC(O)CO)nc(N2CCOCC2)n1. The molecule has 1 fully saturated rings. The molecular weight excluding hydrogens is 274 g/mol. The van der Waals surface area contributed by atoms with Crippen molar-refractivity contribution in [2.24, 2.45) is 0 Å². The summed E-state index contributed by atoms with van der Waals surface area (Å²) in [6.45, 7) is 4.83. The van der Waals surface area contributed by atoms with Gasteiger partial charge < -0.3 is 25.2 Å². The van der Waals surface area contributed by atoms with E-state index in [1.807, 2.05) is 0 Å². The van der Waals surface area contributed by atoms with Gasteiger partial charge in [0.1, 0.15) is 5.82 Å². The Labute approximate surface area is 124 Å². The standard InChI is InChI=1S/C13H23N5O3/c1-2-3-11-15-12(14-8-10(20)9-19)17-13(16-11)18-4-6-21-7-5-18/h10,19-20H,2-9H2,1H3,(H,14,15,16,17). The Kier molecular flexibility index (Phi) is 6.09. The molecule has 1 atom stereocenters. The highest BCUT2D eigenvalue weighted by atomic mass is 16.5. The average molecular weight is 297 g/mol. The van der Waals surface area contributed by atoms with Gasteiger partial charge in [-0.1, -0.05) is 6.92 Å². The first-order valence-electron chi connectivity index (χ1n) is 7.33. The second-order valence-corrected chi connectivity index (χ2v) is 4.94. The Morgan fingerprint density at radius 1 is 1.29 bits per heavy atom. The highest BCUT2D eigenvalue weighted by Gasteiger charge is 2.16. The molecule has 3 N–H and O–H groups in total. The Bertz CT molecular complexity index is 440. The van der Waals surface area contributed by atoms with Gasteiger partial charge in [-0.2, -0.15) is 15.0 Å². The van der Waals surface area contributed by atoms with E-state index in [1.165, 1.54) is 0 Å². The van der Waals surface area contributed by atoms with Crippen LogP contribution >= 0.6 is 0 Å². The molecule has 1 aromatic heterocycles. The minimum atomic E-state index is -0.830. The number of aliphatic hydroxyl groups is 2. The summed E-state index contributed by atoms with van der Waals surface area (Å²) >= 11 is 0. The van der Waals surface area contributed by atoms with Crippen LogP contribution < -0.4 is 10.2 Å². The number of ether oxygens (including phenoxy) is 1. The van der Waals surface area contributed by atoms with E-state index in [2.05, 4.69) is 32.1 Å². The predicted octanol–water partition coefficient (Wildman–Crippen LogP) is -0.574. The summed E-state index contributed by atoms with van der Waals surface area (Å²) in [5.74, 6) is 1.80. The van der Waals surface area contributed by atoms with Crippen molar-refractivity contribution < 1.29 is 14.9 Å². The summed E-state index contributed by atoms with van der Waals surface area (Å²) in [6, 6.07) is 0. The Balaban J connectivity index is 2.12. The first-order chi connectivity index (χ1) is 10.2. The van der Waals surface area contributed by atoms with E-state index in [1.54, 1.807) is 0 Å². The molecule has 0 amide bonds. The van der Waals surface area contributed by atoms with Gasteiger partial charge in [0.15, 0.2) is 0 Å². The number of aromatic nitrogens is 3. The third kappa shape index (κ3) is 4.76. The van der Waals surface area contributed by atoms with Gasteiger partial charge in [0.25, 0.3) is 0 Å². The molecule has 0 bridgehead atoms. The molecule has 1 saturated heterocycles. The van der Waals surface area contributed by atoms with Crippen molar-refractivity contribution in [2.45, 2.75) is 25.9 Å². The third-order valence-electron chi connectivity index (χ3n) is 3.14. The third-order valence-corrected chi connectivity index (χ3v) is 3.14. The lowest BCUT2D eigenvalue weighted by Crippen LogP contribution is -2.37. The van der Waals surface area contributed by atoms with Crippen LogP contribution in [0.15, 0.2) is 0 Å². The molecule has 1 aliphatic rings. The normalized spacial score (nSPS) is 16.8. The fourth-order valence-corrected chi connectivity index (χ4v) is 2.00. The second-order valence-electron chi connectivity index (χ2n) is 4.94. The van der Waals surface area contributed by atoms with Gasteiger partial charge in [0.05, 0.1) is 25.9 Å². The number of hydrogen-bond acceptors (Lipinski definition) is 8. The lowest BCUT2D eigenvalue weighted by atomic mass is 10.3. The van der Waals surface area contributed by atoms with Crippen LogP contribution in [0.25, 0.3) is 0 Å². The number of anilines is 2. The van der Waals surface area contributed by atoms with Crippen LogP contribution in [0.2, 0.25) is 0 Å². The number of aryl methyl sites for hydroxylation is 1. The van der Waals surface area contributed by atoms with Gasteiger partial charge in [0.2, 0.25) is 11.9 Å². The molecule has 1 unspecified atom stereocenters. The van der Waals surface area contributed by atoms with Crippen molar-refractivity contribution in [3.05, 3.63) is 5.82 Å². The minimum absolute atomic E-state index is 0.203. The van der Waals surface area contributed by atoms with Crippen LogP contribution in [-0.4, -0.2) is 70.7 Å². The zero-order chi connectivity index (χ0) is 15.1. The van der Waals surface area contributed by atoms with Crippen molar-refractivity contribution in [2.75, 3.05) is 49.7 Å². The van der Waals surface area contributed by atoms with Crippen molar-refractivity contribution >= 4 is 11.9 Å². The smallest absolute Gasteiger partial charge is 0.230 e. The van der Waals surface area contributed by atoms with Crippen LogP contribution in [0.1, 0.15) is 19.2 Å². The van der Waals surface area contributed by atoms with Crippen LogP contribution in [0.3, 0.4) is 0 Å². The zero-order valence-electron chi connectivity index (χ0n) is 12.3. The fraction of sp³-hybridized carbons (Fsp3) is 0.769. The number of nitrogens with one attached hydrogen (secondary N) is 1. The van der Waals surface area contributed by atoms with E-state index >= 15 is 0 Å². The quantitative estimate of drug-likeness (QED) is 0.614. The van der Waals surface area contributed by atoms with E-state index in [0.717, 1.165) is 31.8 Å². The Morgan fingerprint density at radius 3 is 2.71 bits per heavy atom. The summed E-state index contributed by atoms with van der Waals surface area (Å²) in [5.41, 5.74) is 0. The van der Waals surface area contributed by atoms with Crippen molar-refractivity contribution in [3.8, 4) is 0 Å². The van der Waals surface area contributed by atoms with Crippen molar-refractivity contribution in [3.63, 3.8) is 0 Å². The van der Waals surface area contributed by atoms with Gasteiger partial charge in [-0.3, -0.25) is 0 Å². The zero-order valence-corrected chi connectivity index (χ0v) is 12.3. The van der Waals surface area contributed by atoms with Gasteiger partial charge >= 0.3 is 0 Å². The molecule has 2 heterocycles. The molecule has 0 aliphatic carbocycles. The predicted molar refractivity (Wildman–Crippen MR) is 78.4 cm³/mol. The number of morpholine rings is 1. The molecule has 21 heavy (non-hydrogen) atoms. The minimum Gasteiger partial charge on any atom is -0.394 e. The second kappa shape index (κ2) is 8.06. The topological polar surface area (TPSA) is 104 Å². The number of rotatable bonds is 7. The number of aliphatic hydroxyl groups excluding tert-OH is 2. The summed E-state index contributed by atoms with van der Waals surface area (Å²) in [7, 11) is 0. The average Bonchev–Trinajstić information content (AvgIpc) is 2.53. The molecule has 1 aromatic rings. The van der Waals surface area contributed by atoms with Crippen LogP contribution in [0.4, 0.5) is 11.9 Å². The number of hydrogen-bond donors (Lipinski definition) is 3. The molecule has 8 nitrogen and oxygen atoms in total. The Morgan fingerprint density at radius 2 is 2.05 bits per heavy atom. The summed E-state index contributed by atoms with van der Waals surface area (Å²) in [4.78, 5) is 15.3. The summed E-state index contributed by atoms with van der Waals surface area (Å²) < 4.78 is 5.33. The lowest BCUT2D eigenvalue weighted by molar-refractivity contribution is 0.105. The molecule has 0 saturated carbocycles. The van der Waals surface area contributed by atoms with Gasteiger partial charge in [-0.25, -0.2) is 0 Å². The molecule has 2 rings (SSSR count). The molecule has 1 aliphatic heterocycles. The lowest BCUT2D eigenvalue weighted by Gasteiger charge is -2.27. The number of nitrogens with zero attached hydrogens (tertiary/aromatic N) is 4. The molecule has 118 valence electrons. The maximum absolute atomic E-state index is 9.40.